The number of para-hydroxylation sites is 1. The average Bonchev–Trinajstić information content (AvgIpc) is 2.76. The SMILES string of the molecule is O=C(NCc1ccc(Cl)s1)c1cccc(O)c1O. The molecule has 18 heavy (non-hydrogen) atoms. The molecule has 0 bridgehead atoms. The molecule has 0 unspecified atom stereocenters. The summed E-state index contributed by atoms with van der Waals surface area (Å²) in [5.74, 6) is -1.19. The van der Waals surface area contributed by atoms with Crippen molar-refractivity contribution in [1.82, 2.24) is 5.32 Å². The number of rotatable bonds is 3. The lowest BCUT2D eigenvalue weighted by Crippen LogP contribution is -2.22. The number of hydrogen-bond donors (Lipinski definition) is 3. The van der Waals surface area contributed by atoms with Gasteiger partial charge in [0.15, 0.2) is 11.5 Å². The Morgan fingerprint density at radius 3 is 2.72 bits per heavy atom. The van der Waals surface area contributed by atoms with E-state index in [1.807, 2.05) is 6.07 Å². The van der Waals surface area contributed by atoms with Gasteiger partial charge in [0.2, 0.25) is 0 Å². The van der Waals surface area contributed by atoms with Crippen LogP contribution in [-0.2, 0) is 6.54 Å². The third-order valence-electron chi connectivity index (χ3n) is 2.31. The molecule has 2 aromatic rings. The number of aromatic hydroxyl groups is 2. The van der Waals surface area contributed by atoms with E-state index in [4.69, 9.17) is 11.6 Å². The van der Waals surface area contributed by atoms with Crippen molar-refractivity contribution in [3.05, 3.63) is 45.1 Å². The predicted octanol–water partition coefficient (Wildman–Crippen LogP) is 2.74. The van der Waals surface area contributed by atoms with E-state index in [0.29, 0.717) is 10.9 Å². The molecule has 0 aliphatic carbocycles. The Balaban J connectivity index is 2.06. The standard InChI is InChI=1S/C12H10ClNO3S/c13-10-5-4-7(18-10)6-14-12(17)8-2-1-3-9(15)11(8)16/h1-5,15-16H,6H2,(H,14,17). The lowest BCUT2D eigenvalue weighted by molar-refractivity contribution is 0.0948. The smallest absolute Gasteiger partial charge is 0.255 e. The van der Waals surface area contributed by atoms with Gasteiger partial charge in [-0.25, -0.2) is 0 Å². The van der Waals surface area contributed by atoms with Crippen molar-refractivity contribution >= 4 is 28.8 Å². The molecule has 0 saturated heterocycles. The minimum absolute atomic E-state index is 0.0395. The van der Waals surface area contributed by atoms with E-state index in [1.165, 1.54) is 29.5 Å². The molecule has 0 atom stereocenters. The van der Waals surface area contributed by atoms with Crippen LogP contribution >= 0.6 is 22.9 Å². The van der Waals surface area contributed by atoms with E-state index < -0.39 is 11.7 Å². The van der Waals surface area contributed by atoms with Gasteiger partial charge < -0.3 is 15.5 Å². The van der Waals surface area contributed by atoms with Crippen LogP contribution in [0.25, 0.3) is 0 Å². The zero-order valence-corrected chi connectivity index (χ0v) is 10.8. The molecule has 1 aromatic carbocycles. The Bertz CT molecular complexity index is 582. The molecule has 2 rings (SSSR count). The van der Waals surface area contributed by atoms with Crippen molar-refractivity contribution in [2.24, 2.45) is 0 Å². The van der Waals surface area contributed by atoms with Gasteiger partial charge >= 0.3 is 0 Å². The first kappa shape index (κ1) is 12.7. The van der Waals surface area contributed by atoms with Crippen LogP contribution in [0.5, 0.6) is 11.5 Å². The number of nitrogens with one attached hydrogen (secondary N) is 1. The highest BCUT2D eigenvalue weighted by Gasteiger charge is 2.13. The topological polar surface area (TPSA) is 69.6 Å². The van der Waals surface area contributed by atoms with Gasteiger partial charge in [0.1, 0.15) is 0 Å². The highest BCUT2D eigenvalue weighted by molar-refractivity contribution is 7.16. The fraction of sp³-hybridized carbons (Fsp3) is 0.0833. The fourth-order valence-electron chi connectivity index (χ4n) is 1.42. The number of thiophene rings is 1. The van der Waals surface area contributed by atoms with Crippen molar-refractivity contribution in [3.8, 4) is 11.5 Å². The Morgan fingerprint density at radius 2 is 2.06 bits per heavy atom. The van der Waals surface area contributed by atoms with Gasteiger partial charge in [-0.15, -0.1) is 11.3 Å². The van der Waals surface area contributed by atoms with Gasteiger partial charge in [-0.3, -0.25) is 4.79 Å². The molecule has 3 N–H and O–H groups in total. The zero-order chi connectivity index (χ0) is 13.1. The molecular formula is C12H10ClNO3S. The lowest BCUT2D eigenvalue weighted by atomic mass is 10.1. The second kappa shape index (κ2) is 5.29. The number of carbonyl (C=O) groups excluding carboxylic acids is 1. The maximum Gasteiger partial charge on any atom is 0.255 e. The first-order valence-corrected chi connectivity index (χ1v) is 6.30. The molecule has 0 spiro atoms. The first-order valence-electron chi connectivity index (χ1n) is 5.11. The lowest BCUT2D eigenvalue weighted by Gasteiger charge is -2.06. The fourth-order valence-corrected chi connectivity index (χ4v) is 2.45. The Kier molecular flexibility index (Phi) is 3.74. The van der Waals surface area contributed by atoms with Crippen molar-refractivity contribution in [2.75, 3.05) is 0 Å². The number of phenolic OH excluding ortho intramolecular Hbond substituents is 2. The van der Waals surface area contributed by atoms with Gasteiger partial charge in [0.05, 0.1) is 16.4 Å². The van der Waals surface area contributed by atoms with Crippen molar-refractivity contribution in [3.63, 3.8) is 0 Å². The predicted molar refractivity (Wildman–Crippen MR) is 70.3 cm³/mol. The maximum absolute atomic E-state index is 11.8. The molecule has 0 aliphatic heterocycles. The summed E-state index contributed by atoms with van der Waals surface area (Å²) in [6.07, 6.45) is 0. The third-order valence-corrected chi connectivity index (χ3v) is 3.54. The molecule has 0 radical (unpaired) electrons. The molecule has 1 amide bonds. The molecule has 1 heterocycles. The monoisotopic (exact) mass is 283 g/mol. The van der Waals surface area contributed by atoms with Crippen LogP contribution in [0.2, 0.25) is 4.34 Å². The normalized spacial score (nSPS) is 10.3. The number of halogens is 1. The molecule has 0 aliphatic rings. The summed E-state index contributed by atoms with van der Waals surface area (Å²) in [6.45, 7) is 0.325. The Hall–Kier alpha value is -1.72. The third kappa shape index (κ3) is 2.75. The molecule has 4 nitrogen and oxygen atoms in total. The molecule has 0 saturated carbocycles. The van der Waals surface area contributed by atoms with Crippen molar-refractivity contribution in [2.45, 2.75) is 6.54 Å². The largest absolute Gasteiger partial charge is 0.504 e. The highest BCUT2D eigenvalue weighted by Crippen LogP contribution is 2.28. The van der Waals surface area contributed by atoms with Crippen LogP contribution in [0.4, 0.5) is 0 Å². The van der Waals surface area contributed by atoms with E-state index in [1.54, 1.807) is 6.07 Å². The summed E-state index contributed by atoms with van der Waals surface area (Å²) in [7, 11) is 0. The van der Waals surface area contributed by atoms with E-state index in [0.717, 1.165) is 4.88 Å². The molecule has 6 heteroatoms. The first-order chi connectivity index (χ1) is 8.58. The second-order valence-corrected chi connectivity index (χ2v) is 5.36. The summed E-state index contributed by atoms with van der Waals surface area (Å²) in [4.78, 5) is 12.7. The highest BCUT2D eigenvalue weighted by atomic mass is 35.5. The zero-order valence-electron chi connectivity index (χ0n) is 9.18. The number of phenols is 2. The van der Waals surface area contributed by atoms with Crippen LogP contribution < -0.4 is 5.32 Å². The summed E-state index contributed by atoms with van der Waals surface area (Å²) in [5, 5.41) is 21.5. The summed E-state index contributed by atoms with van der Waals surface area (Å²) < 4.78 is 0.652. The molecule has 94 valence electrons. The Labute approximate surface area is 112 Å². The minimum atomic E-state index is -0.451. The number of amides is 1. The number of carbonyl (C=O) groups is 1. The quantitative estimate of drug-likeness (QED) is 0.759. The number of hydrogen-bond acceptors (Lipinski definition) is 4. The molecule has 0 fully saturated rings. The van der Waals surface area contributed by atoms with E-state index in [-0.39, 0.29) is 11.3 Å². The molecule has 1 aromatic heterocycles. The minimum Gasteiger partial charge on any atom is -0.504 e. The van der Waals surface area contributed by atoms with Crippen molar-refractivity contribution < 1.29 is 15.0 Å². The second-order valence-electron chi connectivity index (χ2n) is 3.56. The van der Waals surface area contributed by atoms with Crippen LogP contribution in [0.1, 0.15) is 15.2 Å². The van der Waals surface area contributed by atoms with Gasteiger partial charge in [0, 0.05) is 4.88 Å². The Morgan fingerprint density at radius 1 is 1.28 bits per heavy atom. The van der Waals surface area contributed by atoms with Crippen LogP contribution in [0, 0.1) is 0 Å². The van der Waals surface area contributed by atoms with Gasteiger partial charge in [-0.2, -0.15) is 0 Å². The van der Waals surface area contributed by atoms with Crippen LogP contribution in [0.3, 0.4) is 0 Å². The van der Waals surface area contributed by atoms with E-state index >= 15 is 0 Å². The van der Waals surface area contributed by atoms with Crippen LogP contribution in [-0.4, -0.2) is 16.1 Å². The van der Waals surface area contributed by atoms with Crippen molar-refractivity contribution in [1.29, 1.82) is 0 Å². The average molecular weight is 284 g/mol. The van der Waals surface area contributed by atoms with Gasteiger partial charge in [-0.05, 0) is 24.3 Å². The summed E-state index contributed by atoms with van der Waals surface area (Å²) in [6, 6.07) is 7.80. The van der Waals surface area contributed by atoms with Crippen LogP contribution in [0.15, 0.2) is 30.3 Å². The van der Waals surface area contributed by atoms with Gasteiger partial charge in [0.25, 0.3) is 5.91 Å². The number of benzene rings is 1. The molecular weight excluding hydrogens is 274 g/mol. The summed E-state index contributed by atoms with van der Waals surface area (Å²) in [5.41, 5.74) is 0.0395. The maximum atomic E-state index is 11.8. The van der Waals surface area contributed by atoms with E-state index in [9.17, 15) is 15.0 Å². The van der Waals surface area contributed by atoms with Gasteiger partial charge in [-0.1, -0.05) is 17.7 Å². The summed E-state index contributed by atoms with van der Waals surface area (Å²) >= 11 is 7.14. The van der Waals surface area contributed by atoms with E-state index in [2.05, 4.69) is 5.32 Å².